The molecule has 0 saturated heterocycles. The van der Waals surface area contributed by atoms with Gasteiger partial charge in [0, 0.05) is 25.2 Å². The SMILES string of the molecule is CCN(CC)CCSCC(O)COC(C)COC. The highest BCUT2D eigenvalue weighted by Gasteiger charge is 2.08. The number of thioether (sulfide) groups is 1. The topological polar surface area (TPSA) is 41.9 Å². The third-order valence-electron chi connectivity index (χ3n) is 2.73. The number of aliphatic hydroxyl groups is 1. The van der Waals surface area contributed by atoms with Gasteiger partial charge in [0.2, 0.25) is 0 Å². The Bertz CT molecular complexity index is 180. The first kappa shape index (κ1) is 18.2. The summed E-state index contributed by atoms with van der Waals surface area (Å²) in [6.45, 7) is 10.5. The van der Waals surface area contributed by atoms with E-state index in [1.54, 1.807) is 18.9 Å². The number of hydrogen-bond acceptors (Lipinski definition) is 5. The van der Waals surface area contributed by atoms with E-state index >= 15 is 0 Å². The Morgan fingerprint density at radius 2 is 1.89 bits per heavy atom. The number of rotatable bonds is 12. The minimum absolute atomic E-state index is 0.0466. The number of nitrogens with zero attached hydrogens (tertiary/aromatic N) is 1. The van der Waals surface area contributed by atoms with Gasteiger partial charge in [-0.15, -0.1) is 0 Å². The fourth-order valence-electron chi connectivity index (χ4n) is 1.56. The Hall–Kier alpha value is 0.190. The second-order valence-electron chi connectivity index (χ2n) is 4.35. The van der Waals surface area contributed by atoms with Gasteiger partial charge in [-0.1, -0.05) is 13.8 Å². The molecule has 0 bridgehead atoms. The molecule has 2 unspecified atom stereocenters. The first-order valence-corrected chi connectivity index (χ1v) is 7.88. The average molecular weight is 279 g/mol. The van der Waals surface area contributed by atoms with E-state index in [4.69, 9.17) is 9.47 Å². The Morgan fingerprint density at radius 3 is 2.44 bits per heavy atom. The second kappa shape index (κ2) is 12.2. The van der Waals surface area contributed by atoms with Crippen LogP contribution in [-0.4, -0.2) is 73.7 Å². The standard InChI is InChI=1S/C13H29NO3S/c1-5-14(6-2)7-8-18-11-13(15)10-17-12(3)9-16-4/h12-13,15H,5-11H2,1-4H3. The molecule has 0 spiro atoms. The predicted octanol–water partition coefficient (Wildman–Crippen LogP) is 1.47. The van der Waals surface area contributed by atoms with Crippen LogP contribution in [0.5, 0.6) is 0 Å². The Kier molecular flexibility index (Phi) is 12.4. The number of ether oxygens (including phenoxy) is 2. The zero-order valence-electron chi connectivity index (χ0n) is 12.2. The Labute approximate surface area is 116 Å². The molecule has 0 aromatic carbocycles. The maximum atomic E-state index is 9.75. The number of hydrogen-bond donors (Lipinski definition) is 1. The van der Waals surface area contributed by atoms with Crippen molar-refractivity contribution < 1.29 is 14.6 Å². The molecule has 0 aliphatic rings. The van der Waals surface area contributed by atoms with Crippen molar-refractivity contribution in [2.45, 2.75) is 33.0 Å². The van der Waals surface area contributed by atoms with Crippen LogP contribution in [0.1, 0.15) is 20.8 Å². The lowest BCUT2D eigenvalue weighted by Crippen LogP contribution is -2.27. The van der Waals surface area contributed by atoms with E-state index in [0.29, 0.717) is 13.2 Å². The van der Waals surface area contributed by atoms with E-state index in [0.717, 1.165) is 31.1 Å². The maximum absolute atomic E-state index is 9.75. The predicted molar refractivity (Wildman–Crippen MR) is 78.4 cm³/mol. The molecule has 0 aliphatic carbocycles. The minimum Gasteiger partial charge on any atom is -0.390 e. The highest BCUT2D eigenvalue weighted by molar-refractivity contribution is 7.99. The van der Waals surface area contributed by atoms with Gasteiger partial charge in [0.1, 0.15) is 0 Å². The summed E-state index contributed by atoms with van der Waals surface area (Å²) < 4.78 is 10.4. The zero-order valence-corrected chi connectivity index (χ0v) is 13.0. The molecule has 4 nitrogen and oxygen atoms in total. The lowest BCUT2D eigenvalue weighted by Gasteiger charge is -2.18. The van der Waals surface area contributed by atoms with Crippen molar-refractivity contribution in [2.24, 2.45) is 0 Å². The molecule has 0 aromatic heterocycles. The van der Waals surface area contributed by atoms with Gasteiger partial charge < -0.3 is 19.5 Å². The smallest absolute Gasteiger partial charge is 0.0863 e. The summed E-state index contributed by atoms with van der Waals surface area (Å²) in [7, 11) is 1.65. The van der Waals surface area contributed by atoms with Gasteiger partial charge >= 0.3 is 0 Å². The molecule has 0 aliphatic heterocycles. The van der Waals surface area contributed by atoms with Crippen LogP contribution in [0.4, 0.5) is 0 Å². The van der Waals surface area contributed by atoms with E-state index in [1.807, 2.05) is 6.92 Å². The van der Waals surface area contributed by atoms with Crippen LogP contribution in [-0.2, 0) is 9.47 Å². The lowest BCUT2D eigenvalue weighted by atomic mass is 10.4. The third-order valence-corrected chi connectivity index (χ3v) is 3.82. The van der Waals surface area contributed by atoms with Crippen LogP contribution in [0, 0.1) is 0 Å². The van der Waals surface area contributed by atoms with E-state index in [1.165, 1.54) is 0 Å². The highest BCUT2D eigenvalue weighted by Crippen LogP contribution is 2.05. The van der Waals surface area contributed by atoms with Crippen molar-refractivity contribution in [1.82, 2.24) is 4.90 Å². The molecule has 0 aromatic rings. The van der Waals surface area contributed by atoms with Gasteiger partial charge in [-0.05, 0) is 20.0 Å². The molecule has 2 atom stereocenters. The molecule has 0 saturated carbocycles. The van der Waals surface area contributed by atoms with Gasteiger partial charge in [0.15, 0.2) is 0 Å². The van der Waals surface area contributed by atoms with Gasteiger partial charge in [0.25, 0.3) is 0 Å². The van der Waals surface area contributed by atoms with Crippen molar-refractivity contribution >= 4 is 11.8 Å². The average Bonchev–Trinajstić information content (AvgIpc) is 2.37. The molecule has 1 N–H and O–H groups in total. The van der Waals surface area contributed by atoms with Crippen LogP contribution < -0.4 is 0 Å². The van der Waals surface area contributed by atoms with Crippen molar-refractivity contribution in [3.8, 4) is 0 Å². The summed E-state index contributed by atoms with van der Waals surface area (Å²) in [6.07, 6.45) is -0.337. The second-order valence-corrected chi connectivity index (χ2v) is 5.50. The molecule has 5 heteroatoms. The first-order valence-electron chi connectivity index (χ1n) is 6.72. The summed E-state index contributed by atoms with van der Waals surface area (Å²) in [5, 5.41) is 9.75. The largest absolute Gasteiger partial charge is 0.390 e. The number of methoxy groups -OCH3 is 1. The molecule has 18 heavy (non-hydrogen) atoms. The number of aliphatic hydroxyl groups excluding tert-OH is 1. The summed E-state index contributed by atoms with van der Waals surface area (Å²) in [4.78, 5) is 2.39. The summed E-state index contributed by atoms with van der Waals surface area (Å²) in [6, 6.07) is 0. The molecule has 110 valence electrons. The quantitative estimate of drug-likeness (QED) is 0.548. The minimum atomic E-state index is -0.383. The van der Waals surface area contributed by atoms with E-state index in [-0.39, 0.29) is 12.2 Å². The fourth-order valence-corrected chi connectivity index (χ4v) is 2.48. The molecule has 0 radical (unpaired) electrons. The van der Waals surface area contributed by atoms with Crippen LogP contribution in [0.2, 0.25) is 0 Å². The summed E-state index contributed by atoms with van der Waals surface area (Å²) in [5.74, 6) is 1.80. The van der Waals surface area contributed by atoms with Crippen molar-refractivity contribution in [2.75, 3.05) is 51.5 Å². The van der Waals surface area contributed by atoms with Crippen molar-refractivity contribution in [3.63, 3.8) is 0 Å². The maximum Gasteiger partial charge on any atom is 0.0863 e. The van der Waals surface area contributed by atoms with E-state index in [2.05, 4.69) is 18.7 Å². The van der Waals surface area contributed by atoms with Crippen LogP contribution in [0.15, 0.2) is 0 Å². The lowest BCUT2D eigenvalue weighted by molar-refractivity contribution is -0.0257. The molecule has 0 amide bonds. The molecule has 0 rings (SSSR count). The Balaban J connectivity index is 3.44. The molecular weight excluding hydrogens is 250 g/mol. The van der Waals surface area contributed by atoms with Crippen LogP contribution in [0.25, 0.3) is 0 Å². The molecule has 0 fully saturated rings. The first-order chi connectivity index (χ1) is 8.63. The summed E-state index contributed by atoms with van der Waals surface area (Å²) in [5.41, 5.74) is 0. The van der Waals surface area contributed by atoms with Gasteiger partial charge in [-0.2, -0.15) is 11.8 Å². The van der Waals surface area contributed by atoms with Crippen LogP contribution in [0.3, 0.4) is 0 Å². The van der Waals surface area contributed by atoms with Crippen molar-refractivity contribution in [3.05, 3.63) is 0 Å². The van der Waals surface area contributed by atoms with Gasteiger partial charge in [-0.3, -0.25) is 0 Å². The van der Waals surface area contributed by atoms with Crippen molar-refractivity contribution in [1.29, 1.82) is 0 Å². The third kappa shape index (κ3) is 10.1. The highest BCUT2D eigenvalue weighted by atomic mass is 32.2. The Morgan fingerprint density at radius 1 is 1.22 bits per heavy atom. The van der Waals surface area contributed by atoms with Crippen LogP contribution >= 0.6 is 11.8 Å². The molecule has 0 heterocycles. The fraction of sp³-hybridized carbons (Fsp3) is 1.00. The van der Waals surface area contributed by atoms with E-state index in [9.17, 15) is 5.11 Å². The van der Waals surface area contributed by atoms with E-state index < -0.39 is 0 Å². The normalized spacial score (nSPS) is 15.0. The van der Waals surface area contributed by atoms with Gasteiger partial charge in [-0.25, -0.2) is 0 Å². The zero-order chi connectivity index (χ0) is 13.8. The van der Waals surface area contributed by atoms with Gasteiger partial charge in [0.05, 0.1) is 25.4 Å². The monoisotopic (exact) mass is 279 g/mol. The summed E-state index contributed by atoms with van der Waals surface area (Å²) >= 11 is 1.78. The molecular formula is C13H29NO3S.